The van der Waals surface area contributed by atoms with Crippen LogP contribution in [0.3, 0.4) is 0 Å². The molecule has 0 aliphatic carbocycles. The molecular formula is C32H36N6O2. The van der Waals surface area contributed by atoms with Gasteiger partial charge in [-0.15, -0.1) is 0 Å². The standard InChI is InChI=1S/C32H36N6O2/c1-22(40)37-17-12-24(13-18-37)23-5-8-27(9-6-23)35-32-31-25(11-14-33-29(31)21-39)19-28(36-32)26-7-10-30(34-20-26)38-15-3-2-4-16-38/h5-11,14,19-21,24,29,33H,2-4,12-13,15-18H2,1H3,(H,35,36). The number of hydrogen-bond donors (Lipinski definition) is 2. The highest BCUT2D eigenvalue weighted by atomic mass is 16.2. The number of aldehydes is 1. The molecule has 2 N–H and O–H groups in total. The molecule has 1 unspecified atom stereocenters. The third kappa shape index (κ3) is 5.43. The summed E-state index contributed by atoms with van der Waals surface area (Å²) in [6, 6.07) is 14.2. The summed E-state index contributed by atoms with van der Waals surface area (Å²) in [4.78, 5) is 37.7. The first-order chi connectivity index (χ1) is 19.6. The lowest BCUT2D eigenvalue weighted by Crippen LogP contribution is -2.36. The van der Waals surface area contributed by atoms with Gasteiger partial charge in [-0.3, -0.25) is 4.79 Å². The van der Waals surface area contributed by atoms with E-state index in [1.807, 2.05) is 29.4 Å². The number of hydrogen-bond acceptors (Lipinski definition) is 7. The van der Waals surface area contributed by atoms with Crippen molar-refractivity contribution in [3.8, 4) is 11.3 Å². The van der Waals surface area contributed by atoms with Gasteiger partial charge in [0.2, 0.25) is 5.91 Å². The number of carbonyl (C=O) groups excluding carboxylic acids is 2. The van der Waals surface area contributed by atoms with Gasteiger partial charge in [-0.2, -0.15) is 0 Å². The van der Waals surface area contributed by atoms with Gasteiger partial charge in [-0.1, -0.05) is 12.1 Å². The largest absolute Gasteiger partial charge is 0.378 e. The average Bonchev–Trinajstić information content (AvgIpc) is 3.01. The number of aromatic nitrogens is 2. The molecule has 0 spiro atoms. The van der Waals surface area contributed by atoms with Crippen molar-refractivity contribution in [1.82, 2.24) is 20.2 Å². The zero-order chi connectivity index (χ0) is 27.5. The Balaban J connectivity index is 1.25. The van der Waals surface area contributed by atoms with Gasteiger partial charge in [-0.25, -0.2) is 9.97 Å². The monoisotopic (exact) mass is 536 g/mol. The van der Waals surface area contributed by atoms with E-state index in [0.29, 0.717) is 11.7 Å². The highest BCUT2D eigenvalue weighted by molar-refractivity contribution is 5.80. The summed E-state index contributed by atoms with van der Waals surface area (Å²) in [6.45, 7) is 5.37. The van der Waals surface area contributed by atoms with Crippen LogP contribution < -0.4 is 15.5 Å². The fraction of sp³-hybridized carbons (Fsp3) is 0.375. The second-order valence-electron chi connectivity index (χ2n) is 11.0. The van der Waals surface area contributed by atoms with Crippen molar-refractivity contribution in [3.63, 3.8) is 0 Å². The topological polar surface area (TPSA) is 90.5 Å². The zero-order valence-corrected chi connectivity index (χ0v) is 23.0. The Labute approximate surface area is 235 Å². The molecule has 1 aromatic carbocycles. The van der Waals surface area contributed by atoms with Crippen LogP contribution >= 0.6 is 0 Å². The Morgan fingerprint density at radius 2 is 1.80 bits per heavy atom. The van der Waals surface area contributed by atoms with E-state index in [2.05, 4.69) is 51.9 Å². The van der Waals surface area contributed by atoms with E-state index in [9.17, 15) is 9.59 Å². The molecule has 6 rings (SSSR count). The molecule has 3 aliphatic rings. The number of pyridine rings is 2. The summed E-state index contributed by atoms with van der Waals surface area (Å²) in [5, 5.41) is 6.64. The van der Waals surface area contributed by atoms with Gasteiger partial charge in [-0.05, 0) is 91.8 Å². The van der Waals surface area contributed by atoms with E-state index in [1.165, 1.54) is 24.8 Å². The van der Waals surface area contributed by atoms with Gasteiger partial charge < -0.3 is 25.2 Å². The molecule has 0 bridgehead atoms. The molecule has 1 atom stereocenters. The Bertz CT molecular complexity index is 1390. The van der Waals surface area contributed by atoms with Gasteiger partial charge in [0.25, 0.3) is 0 Å². The van der Waals surface area contributed by atoms with Crippen molar-refractivity contribution in [1.29, 1.82) is 0 Å². The molecule has 2 saturated heterocycles. The predicted octanol–water partition coefficient (Wildman–Crippen LogP) is 5.42. The number of anilines is 3. The fourth-order valence-corrected chi connectivity index (χ4v) is 6.07. The number of fused-ring (bicyclic) bond motifs is 1. The number of likely N-dealkylation sites (tertiary alicyclic amines) is 1. The summed E-state index contributed by atoms with van der Waals surface area (Å²) in [6.07, 6.45) is 12.3. The first-order valence-electron chi connectivity index (χ1n) is 14.4. The number of amides is 1. The average molecular weight is 537 g/mol. The maximum absolute atomic E-state index is 12.0. The van der Waals surface area contributed by atoms with E-state index in [0.717, 1.165) is 79.2 Å². The number of carbonyl (C=O) groups is 2. The number of benzene rings is 1. The van der Waals surface area contributed by atoms with Crippen LogP contribution in [-0.4, -0.2) is 53.2 Å². The molecular weight excluding hydrogens is 500 g/mol. The lowest BCUT2D eigenvalue weighted by Gasteiger charge is -2.31. The summed E-state index contributed by atoms with van der Waals surface area (Å²) < 4.78 is 0. The Morgan fingerprint density at radius 3 is 2.48 bits per heavy atom. The molecule has 40 heavy (non-hydrogen) atoms. The van der Waals surface area contributed by atoms with Crippen LogP contribution in [-0.2, 0) is 9.59 Å². The third-order valence-electron chi connectivity index (χ3n) is 8.39. The number of nitrogens with zero attached hydrogens (tertiary/aromatic N) is 4. The molecule has 2 aromatic heterocycles. The molecule has 5 heterocycles. The number of rotatable bonds is 6. The van der Waals surface area contributed by atoms with Crippen LogP contribution in [0.5, 0.6) is 0 Å². The van der Waals surface area contributed by atoms with E-state index >= 15 is 0 Å². The molecule has 1 amide bonds. The molecule has 0 radical (unpaired) electrons. The van der Waals surface area contributed by atoms with Crippen LogP contribution in [0.25, 0.3) is 17.3 Å². The molecule has 8 heteroatoms. The van der Waals surface area contributed by atoms with E-state index in [1.54, 1.807) is 6.92 Å². The van der Waals surface area contributed by atoms with Crippen molar-refractivity contribution < 1.29 is 9.59 Å². The molecule has 206 valence electrons. The van der Waals surface area contributed by atoms with Crippen LogP contribution in [0.2, 0.25) is 0 Å². The van der Waals surface area contributed by atoms with Gasteiger partial charge in [0.05, 0.1) is 5.69 Å². The lowest BCUT2D eigenvalue weighted by atomic mass is 9.89. The molecule has 0 saturated carbocycles. The quantitative estimate of drug-likeness (QED) is 0.407. The Kier molecular flexibility index (Phi) is 7.49. The van der Waals surface area contributed by atoms with E-state index in [4.69, 9.17) is 9.97 Å². The minimum atomic E-state index is -0.477. The minimum Gasteiger partial charge on any atom is -0.378 e. The fourth-order valence-electron chi connectivity index (χ4n) is 6.07. The molecule has 8 nitrogen and oxygen atoms in total. The van der Waals surface area contributed by atoms with Crippen LogP contribution in [0.15, 0.2) is 54.9 Å². The SMILES string of the molecule is CC(=O)N1CCC(c2ccc(Nc3nc(-c4ccc(N5CCCCC5)nc4)cc4c3C(C=O)NC=C4)cc2)CC1. The number of nitrogens with one attached hydrogen (secondary N) is 2. The summed E-state index contributed by atoms with van der Waals surface area (Å²) in [7, 11) is 0. The summed E-state index contributed by atoms with van der Waals surface area (Å²) in [5.74, 6) is 2.27. The molecule has 3 aliphatic heterocycles. The van der Waals surface area contributed by atoms with E-state index < -0.39 is 6.04 Å². The minimum absolute atomic E-state index is 0.155. The maximum Gasteiger partial charge on any atom is 0.219 e. The smallest absolute Gasteiger partial charge is 0.219 e. The van der Waals surface area contributed by atoms with Gasteiger partial charge >= 0.3 is 0 Å². The first kappa shape index (κ1) is 26.0. The lowest BCUT2D eigenvalue weighted by molar-refractivity contribution is -0.129. The summed E-state index contributed by atoms with van der Waals surface area (Å²) >= 11 is 0. The van der Waals surface area contributed by atoms with Crippen molar-refractivity contribution in [2.24, 2.45) is 0 Å². The van der Waals surface area contributed by atoms with Crippen LogP contribution in [0.1, 0.15) is 67.7 Å². The van der Waals surface area contributed by atoms with Crippen molar-refractivity contribution in [2.75, 3.05) is 36.4 Å². The van der Waals surface area contributed by atoms with Gasteiger partial charge in [0.15, 0.2) is 0 Å². The van der Waals surface area contributed by atoms with Crippen molar-refractivity contribution in [3.05, 3.63) is 71.6 Å². The normalized spacial score (nSPS) is 19.1. The first-order valence-corrected chi connectivity index (χ1v) is 14.4. The van der Waals surface area contributed by atoms with Gasteiger partial charge in [0.1, 0.15) is 24.0 Å². The number of piperidine rings is 2. The second kappa shape index (κ2) is 11.5. The third-order valence-corrected chi connectivity index (χ3v) is 8.39. The second-order valence-corrected chi connectivity index (χ2v) is 11.0. The highest BCUT2D eigenvalue weighted by Crippen LogP contribution is 2.35. The van der Waals surface area contributed by atoms with E-state index in [-0.39, 0.29) is 5.91 Å². The van der Waals surface area contributed by atoms with Crippen molar-refractivity contribution in [2.45, 2.75) is 51.0 Å². The maximum atomic E-state index is 12.0. The molecule has 2 fully saturated rings. The Hall–Kier alpha value is -4.20. The van der Waals surface area contributed by atoms with Crippen LogP contribution in [0.4, 0.5) is 17.3 Å². The molecule has 3 aromatic rings. The highest BCUT2D eigenvalue weighted by Gasteiger charge is 2.24. The van der Waals surface area contributed by atoms with Gasteiger partial charge in [0, 0.05) is 56.1 Å². The van der Waals surface area contributed by atoms with Crippen LogP contribution in [0, 0.1) is 0 Å². The predicted molar refractivity (Wildman–Crippen MR) is 158 cm³/mol. The Morgan fingerprint density at radius 1 is 1.02 bits per heavy atom. The van der Waals surface area contributed by atoms with Crippen molar-refractivity contribution >= 4 is 35.6 Å². The summed E-state index contributed by atoms with van der Waals surface area (Å²) in [5.41, 5.74) is 5.73. The zero-order valence-electron chi connectivity index (χ0n) is 23.0.